The van der Waals surface area contributed by atoms with Crippen molar-refractivity contribution in [3.63, 3.8) is 0 Å². The molecule has 29 heavy (non-hydrogen) atoms. The van der Waals surface area contributed by atoms with Crippen molar-refractivity contribution in [2.24, 2.45) is 0 Å². The van der Waals surface area contributed by atoms with E-state index in [1.165, 1.54) is 30.3 Å². The van der Waals surface area contributed by atoms with Crippen LogP contribution in [0.2, 0.25) is 0 Å². The van der Waals surface area contributed by atoms with Crippen LogP contribution in [0.15, 0.2) is 36.4 Å². The Morgan fingerprint density at radius 1 is 1.17 bits per heavy atom. The highest BCUT2D eigenvalue weighted by Gasteiger charge is 2.20. The number of nitrogens with zero attached hydrogens (tertiary/aromatic N) is 2. The van der Waals surface area contributed by atoms with E-state index in [2.05, 4.69) is 4.98 Å². The average molecular weight is 422 g/mol. The maximum absolute atomic E-state index is 13.4. The molecule has 7 nitrogen and oxygen atoms in total. The van der Waals surface area contributed by atoms with Crippen molar-refractivity contribution >= 4 is 21.3 Å². The molecular formula is C20H23FN2O5S. The summed E-state index contributed by atoms with van der Waals surface area (Å²) in [5.41, 5.74) is 0.0642. The van der Waals surface area contributed by atoms with Gasteiger partial charge in [-0.15, -0.1) is 0 Å². The molecule has 0 saturated carbocycles. The Morgan fingerprint density at radius 2 is 1.90 bits per heavy atom. The van der Waals surface area contributed by atoms with Gasteiger partial charge >= 0.3 is 0 Å². The third-order valence-electron chi connectivity index (χ3n) is 4.53. The van der Waals surface area contributed by atoms with Gasteiger partial charge in [0.25, 0.3) is 5.69 Å². The Morgan fingerprint density at radius 3 is 2.52 bits per heavy atom. The van der Waals surface area contributed by atoms with Crippen LogP contribution in [0.3, 0.4) is 0 Å². The van der Waals surface area contributed by atoms with Crippen LogP contribution in [0.1, 0.15) is 54.9 Å². The largest absolute Gasteiger partial charge is 0.290 e. The highest BCUT2D eigenvalue weighted by molar-refractivity contribution is 7.91. The number of hydrogen-bond donors (Lipinski definition) is 0. The molecule has 0 N–H and O–H groups in total. The van der Waals surface area contributed by atoms with Crippen LogP contribution in [-0.4, -0.2) is 35.1 Å². The van der Waals surface area contributed by atoms with Gasteiger partial charge in [-0.05, 0) is 51.3 Å². The molecule has 1 aromatic heterocycles. The minimum Gasteiger partial charge on any atom is -0.287 e. The van der Waals surface area contributed by atoms with Gasteiger partial charge in [0.1, 0.15) is 17.2 Å². The molecule has 0 bridgehead atoms. The molecule has 2 rings (SSSR count). The highest BCUT2D eigenvalue weighted by atomic mass is 32.2. The first-order chi connectivity index (χ1) is 13.6. The van der Waals surface area contributed by atoms with Gasteiger partial charge in [0.2, 0.25) is 5.78 Å². The molecule has 0 aliphatic rings. The molecule has 9 heteroatoms. The number of sulfone groups is 1. The standard InChI is InChI=1S/C20H23FN2O5S/c1-14(2)29(27,28)12-5-3-4-9-17-19(23(25)26)11-10-18(22-17)20(24)15-7-6-8-16(21)13-15/h6-8,10-11,13-14H,3-5,9,12H2,1-2H3. The summed E-state index contributed by atoms with van der Waals surface area (Å²) in [6.07, 6.45) is 1.75. The molecule has 0 saturated heterocycles. The maximum atomic E-state index is 13.4. The normalized spacial score (nSPS) is 11.6. The number of carbonyl (C=O) groups excluding carboxylic acids is 1. The van der Waals surface area contributed by atoms with Gasteiger partial charge in [0.05, 0.1) is 15.9 Å². The topological polar surface area (TPSA) is 107 Å². The monoisotopic (exact) mass is 422 g/mol. The fraction of sp³-hybridized carbons (Fsp3) is 0.400. The zero-order valence-corrected chi connectivity index (χ0v) is 17.1. The number of carbonyl (C=O) groups is 1. The van der Waals surface area contributed by atoms with Gasteiger partial charge in [-0.25, -0.2) is 17.8 Å². The lowest BCUT2D eigenvalue weighted by Gasteiger charge is -2.08. The van der Waals surface area contributed by atoms with Crippen molar-refractivity contribution in [2.45, 2.75) is 44.8 Å². The van der Waals surface area contributed by atoms with E-state index in [4.69, 9.17) is 0 Å². The maximum Gasteiger partial charge on any atom is 0.290 e. The van der Waals surface area contributed by atoms with Crippen LogP contribution in [0.4, 0.5) is 10.1 Å². The molecule has 0 aliphatic heterocycles. The van der Waals surface area contributed by atoms with Gasteiger partial charge in [0.15, 0.2) is 9.84 Å². The summed E-state index contributed by atoms with van der Waals surface area (Å²) >= 11 is 0. The molecule has 0 amide bonds. The van der Waals surface area contributed by atoms with Crippen molar-refractivity contribution in [1.29, 1.82) is 0 Å². The molecule has 1 heterocycles. The van der Waals surface area contributed by atoms with E-state index >= 15 is 0 Å². The summed E-state index contributed by atoms with van der Waals surface area (Å²) in [6, 6.07) is 7.62. The molecule has 1 aromatic carbocycles. The summed E-state index contributed by atoms with van der Waals surface area (Å²) in [4.78, 5) is 27.4. The zero-order valence-electron chi connectivity index (χ0n) is 16.3. The number of ketones is 1. The number of unbranched alkanes of at least 4 members (excludes halogenated alkanes) is 2. The van der Waals surface area contributed by atoms with Crippen LogP contribution in [-0.2, 0) is 16.3 Å². The predicted octanol–water partition coefficient (Wildman–Crippen LogP) is 3.90. The van der Waals surface area contributed by atoms with Crippen LogP contribution in [0, 0.1) is 15.9 Å². The number of aryl methyl sites for hydroxylation is 1. The molecule has 0 radical (unpaired) electrons. The van der Waals surface area contributed by atoms with Gasteiger partial charge in [-0.1, -0.05) is 18.6 Å². The second-order valence-electron chi connectivity index (χ2n) is 6.99. The van der Waals surface area contributed by atoms with Crippen LogP contribution in [0.25, 0.3) is 0 Å². The number of halogens is 1. The number of pyridine rings is 1. The second kappa shape index (κ2) is 9.69. The molecule has 2 aromatic rings. The van der Waals surface area contributed by atoms with E-state index in [1.54, 1.807) is 13.8 Å². The van der Waals surface area contributed by atoms with E-state index in [9.17, 15) is 27.7 Å². The van der Waals surface area contributed by atoms with Crippen LogP contribution < -0.4 is 0 Å². The molecule has 0 aliphatic carbocycles. The summed E-state index contributed by atoms with van der Waals surface area (Å²) in [7, 11) is -3.12. The first-order valence-corrected chi connectivity index (χ1v) is 11.0. The van der Waals surface area contributed by atoms with Gasteiger partial charge in [-0.3, -0.25) is 14.9 Å². The Bertz CT molecular complexity index is 1010. The lowest BCUT2D eigenvalue weighted by molar-refractivity contribution is -0.385. The van der Waals surface area contributed by atoms with Crippen molar-refractivity contribution < 1.29 is 22.5 Å². The van der Waals surface area contributed by atoms with E-state index in [0.29, 0.717) is 19.3 Å². The Balaban J connectivity index is 2.11. The second-order valence-corrected chi connectivity index (χ2v) is 9.66. The Hall–Kier alpha value is -2.68. The van der Waals surface area contributed by atoms with E-state index in [-0.39, 0.29) is 34.8 Å². The molecule has 0 unspecified atom stereocenters. The predicted molar refractivity (Wildman–Crippen MR) is 107 cm³/mol. The van der Waals surface area contributed by atoms with E-state index in [0.717, 1.165) is 6.07 Å². The lowest BCUT2D eigenvalue weighted by atomic mass is 10.1. The molecule has 0 fully saturated rings. The average Bonchev–Trinajstić information content (AvgIpc) is 2.66. The molecule has 156 valence electrons. The third-order valence-corrected chi connectivity index (χ3v) is 6.82. The van der Waals surface area contributed by atoms with Gasteiger partial charge < -0.3 is 0 Å². The SMILES string of the molecule is CC(C)S(=O)(=O)CCCCCc1nc(C(=O)c2cccc(F)c2)ccc1[N+](=O)[O-]. The van der Waals surface area contributed by atoms with Gasteiger partial charge in [-0.2, -0.15) is 0 Å². The van der Waals surface area contributed by atoms with E-state index in [1.807, 2.05) is 0 Å². The number of nitro groups is 1. The summed E-state index contributed by atoms with van der Waals surface area (Å²) in [5, 5.41) is 10.8. The lowest BCUT2D eigenvalue weighted by Crippen LogP contribution is -2.17. The van der Waals surface area contributed by atoms with E-state index < -0.39 is 31.6 Å². The number of benzene rings is 1. The Kier molecular flexibility index (Phi) is 7.55. The minimum absolute atomic E-state index is 0.00131. The third kappa shape index (κ3) is 6.15. The molecular weight excluding hydrogens is 399 g/mol. The zero-order chi connectivity index (χ0) is 21.6. The first-order valence-electron chi connectivity index (χ1n) is 9.28. The first kappa shape index (κ1) is 22.6. The number of rotatable bonds is 10. The fourth-order valence-corrected chi connectivity index (χ4v) is 3.83. The highest BCUT2D eigenvalue weighted by Crippen LogP contribution is 2.21. The molecule has 0 spiro atoms. The summed E-state index contributed by atoms with van der Waals surface area (Å²) in [5.74, 6) is -1.02. The quantitative estimate of drug-likeness (QED) is 0.249. The summed E-state index contributed by atoms with van der Waals surface area (Å²) < 4.78 is 37.0. The van der Waals surface area contributed by atoms with Crippen molar-refractivity contribution in [1.82, 2.24) is 4.98 Å². The van der Waals surface area contributed by atoms with Crippen molar-refractivity contribution in [3.8, 4) is 0 Å². The van der Waals surface area contributed by atoms with Crippen LogP contribution in [0.5, 0.6) is 0 Å². The summed E-state index contributed by atoms with van der Waals surface area (Å²) in [6.45, 7) is 3.26. The Labute approximate surface area is 169 Å². The van der Waals surface area contributed by atoms with Crippen LogP contribution >= 0.6 is 0 Å². The van der Waals surface area contributed by atoms with Gasteiger partial charge in [0, 0.05) is 11.6 Å². The number of aromatic nitrogens is 1. The number of hydrogen-bond acceptors (Lipinski definition) is 6. The van der Waals surface area contributed by atoms with Crippen molar-refractivity contribution in [2.75, 3.05) is 5.75 Å². The molecule has 0 atom stereocenters. The minimum atomic E-state index is -3.12. The fourth-order valence-electron chi connectivity index (χ4n) is 2.76. The van der Waals surface area contributed by atoms with Crippen molar-refractivity contribution in [3.05, 3.63) is 69.3 Å². The smallest absolute Gasteiger partial charge is 0.287 e.